The molecule has 2 heteroatoms. The second kappa shape index (κ2) is 4.79. The third-order valence-electron chi connectivity index (χ3n) is 3.17. The van der Waals surface area contributed by atoms with Crippen LogP contribution in [0.5, 0.6) is 0 Å². The van der Waals surface area contributed by atoms with Gasteiger partial charge in [-0.3, -0.25) is 4.99 Å². The molecule has 0 fully saturated rings. The van der Waals surface area contributed by atoms with Crippen LogP contribution < -0.4 is 5.32 Å². The van der Waals surface area contributed by atoms with Gasteiger partial charge in [-0.15, -0.1) is 0 Å². The van der Waals surface area contributed by atoms with E-state index in [4.69, 9.17) is 0 Å². The van der Waals surface area contributed by atoms with E-state index in [0.29, 0.717) is 5.41 Å². The molecule has 2 rings (SSSR count). The molecule has 1 aromatic rings. The van der Waals surface area contributed by atoms with Crippen LogP contribution >= 0.6 is 0 Å². The lowest BCUT2D eigenvalue weighted by Gasteiger charge is -2.22. The Morgan fingerprint density at radius 2 is 2.06 bits per heavy atom. The van der Waals surface area contributed by atoms with Crippen LogP contribution in [0.4, 0.5) is 0 Å². The van der Waals surface area contributed by atoms with Crippen LogP contribution in [0.1, 0.15) is 18.9 Å². The fraction of sp³-hybridized carbons (Fsp3) is 0.500. The second-order valence-electron chi connectivity index (χ2n) is 5.06. The zero-order chi connectivity index (χ0) is 11.4. The van der Waals surface area contributed by atoms with Gasteiger partial charge in [-0.25, -0.2) is 0 Å². The average Bonchev–Trinajstić information content (AvgIpc) is 2.62. The summed E-state index contributed by atoms with van der Waals surface area (Å²) < 4.78 is 0. The lowest BCUT2D eigenvalue weighted by atomic mass is 9.81. The molecule has 0 saturated carbocycles. The van der Waals surface area contributed by atoms with Gasteiger partial charge in [-0.1, -0.05) is 37.3 Å². The Kier molecular flexibility index (Phi) is 3.39. The normalized spacial score (nSPS) is 24.5. The lowest BCUT2D eigenvalue weighted by Crippen LogP contribution is -2.24. The number of nitrogens with one attached hydrogen (secondary N) is 1. The Labute approximate surface area is 97.8 Å². The predicted octanol–water partition coefficient (Wildman–Crippen LogP) is 2.30. The molecule has 2 nitrogen and oxygen atoms in total. The predicted molar refractivity (Wildman–Crippen MR) is 69.1 cm³/mol. The van der Waals surface area contributed by atoms with Crippen molar-refractivity contribution in [3.05, 3.63) is 35.9 Å². The minimum absolute atomic E-state index is 0.327. The number of nitrogens with zero attached hydrogens (tertiary/aromatic N) is 1. The van der Waals surface area contributed by atoms with Crippen LogP contribution in [0.25, 0.3) is 0 Å². The Bertz CT molecular complexity index is 370. The monoisotopic (exact) mass is 216 g/mol. The summed E-state index contributed by atoms with van der Waals surface area (Å²) in [6.07, 6.45) is 2.26. The molecular weight excluding hydrogens is 196 g/mol. The molecule has 1 aromatic carbocycles. The summed E-state index contributed by atoms with van der Waals surface area (Å²) in [5.41, 5.74) is 3.07. The summed E-state index contributed by atoms with van der Waals surface area (Å²) in [7, 11) is 1.98. The fourth-order valence-corrected chi connectivity index (χ4v) is 2.44. The minimum Gasteiger partial charge on any atom is -0.315 e. The van der Waals surface area contributed by atoms with Gasteiger partial charge in [-0.05, 0) is 30.9 Å². The van der Waals surface area contributed by atoms with Crippen molar-refractivity contribution in [3.8, 4) is 0 Å². The van der Waals surface area contributed by atoms with E-state index in [0.717, 1.165) is 25.9 Å². The molecular formula is C14H20N2. The lowest BCUT2D eigenvalue weighted by molar-refractivity contribution is 0.371. The molecule has 1 N–H and O–H groups in total. The van der Waals surface area contributed by atoms with Crippen LogP contribution in [0.2, 0.25) is 0 Å². The number of hydrogen-bond donors (Lipinski definition) is 1. The molecule has 0 radical (unpaired) electrons. The van der Waals surface area contributed by atoms with E-state index in [-0.39, 0.29) is 0 Å². The maximum atomic E-state index is 4.63. The highest BCUT2D eigenvalue weighted by Gasteiger charge is 2.30. The van der Waals surface area contributed by atoms with Crippen molar-refractivity contribution in [2.45, 2.75) is 19.8 Å². The molecule has 1 unspecified atom stereocenters. The molecule has 0 spiro atoms. The van der Waals surface area contributed by atoms with Crippen molar-refractivity contribution in [2.75, 3.05) is 20.1 Å². The first-order chi connectivity index (χ1) is 7.72. The zero-order valence-corrected chi connectivity index (χ0v) is 10.2. The molecule has 1 heterocycles. The van der Waals surface area contributed by atoms with Gasteiger partial charge in [0.05, 0.1) is 0 Å². The van der Waals surface area contributed by atoms with Gasteiger partial charge < -0.3 is 5.32 Å². The number of hydrogen-bond acceptors (Lipinski definition) is 2. The van der Waals surface area contributed by atoms with Crippen molar-refractivity contribution in [1.29, 1.82) is 0 Å². The largest absolute Gasteiger partial charge is 0.315 e. The Morgan fingerprint density at radius 1 is 1.31 bits per heavy atom. The molecule has 0 aliphatic carbocycles. The first-order valence-electron chi connectivity index (χ1n) is 5.93. The van der Waals surface area contributed by atoms with E-state index in [1.807, 2.05) is 7.05 Å². The number of aliphatic imine (C=N–C) groups is 1. The molecule has 1 aliphatic heterocycles. The first-order valence-corrected chi connectivity index (χ1v) is 5.93. The fourth-order valence-electron chi connectivity index (χ4n) is 2.44. The summed E-state index contributed by atoms with van der Waals surface area (Å²) in [4.78, 5) is 4.63. The van der Waals surface area contributed by atoms with Gasteiger partial charge in [0.2, 0.25) is 0 Å². The topological polar surface area (TPSA) is 24.4 Å². The Hall–Kier alpha value is -1.15. The van der Waals surface area contributed by atoms with Crippen LogP contribution in [-0.2, 0) is 6.42 Å². The molecule has 16 heavy (non-hydrogen) atoms. The van der Waals surface area contributed by atoms with Gasteiger partial charge >= 0.3 is 0 Å². The van der Waals surface area contributed by atoms with Crippen LogP contribution in [-0.4, -0.2) is 25.8 Å². The van der Waals surface area contributed by atoms with E-state index in [1.54, 1.807) is 0 Å². The zero-order valence-electron chi connectivity index (χ0n) is 10.2. The van der Waals surface area contributed by atoms with Crippen LogP contribution in [0.3, 0.4) is 0 Å². The van der Waals surface area contributed by atoms with Gasteiger partial charge in [-0.2, -0.15) is 0 Å². The maximum absolute atomic E-state index is 4.63. The molecule has 1 aliphatic rings. The number of rotatable bonds is 4. The smallest absolute Gasteiger partial charge is 0.0449 e. The Balaban J connectivity index is 1.97. The maximum Gasteiger partial charge on any atom is 0.0449 e. The molecule has 1 atom stereocenters. The minimum atomic E-state index is 0.327. The summed E-state index contributed by atoms with van der Waals surface area (Å²) in [5.74, 6) is 0. The van der Waals surface area contributed by atoms with E-state index in [2.05, 4.69) is 47.6 Å². The molecule has 0 saturated heterocycles. The van der Waals surface area contributed by atoms with Crippen LogP contribution in [0.15, 0.2) is 35.3 Å². The highest BCUT2D eigenvalue weighted by Crippen LogP contribution is 2.32. The van der Waals surface area contributed by atoms with Gasteiger partial charge in [0, 0.05) is 18.8 Å². The summed E-state index contributed by atoms with van der Waals surface area (Å²) in [6, 6.07) is 10.7. The standard InChI is InChI=1S/C14H20N2/c1-14(8-12-6-4-3-5-7-12)9-13(10-15-2)16-11-14/h3-7,15H,8-11H2,1-2H3. The third kappa shape index (κ3) is 2.70. The van der Waals surface area contributed by atoms with Crippen molar-refractivity contribution < 1.29 is 0 Å². The Morgan fingerprint density at radius 3 is 2.75 bits per heavy atom. The van der Waals surface area contributed by atoms with E-state index >= 15 is 0 Å². The van der Waals surface area contributed by atoms with Crippen molar-refractivity contribution >= 4 is 5.71 Å². The summed E-state index contributed by atoms with van der Waals surface area (Å²) in [5, 5.41) is 3.18. The van der Waals surface area contributed by atoms with Crippen LogP contribution in [0, 0.1) is 5.41 Å². The molecule has 0 amide bonds. The van der Waals surface area contributed by atoms with E-state index < -0.39 is 0 Å². The number of benzene rings is 1. The SMILES string of the molecule is CNCC1=NCC(C)(Cc2ccccc2)C1. The van der Waals surface area contributed by atoms with Crippen molar-refractivity contribution in [1.82, 2.24) is 5.32 Å². The molecule has 0 aromatic heterocycles. The quantitative estimate of drug-likeness (QED) is 0.820. The summed E-state index contributed by atoms with van der Waals surface area (Å²) in [6.45, 7) is 4.25. The van der Waals surface area contributed by atoms with Gasteiger partial charge in [0.1, 0.15) is 0 Å². The molecule has 0 bridgehead atoms. The van der Waals surface area contributed by atoms with Crippen molar-refractivity contribution in [3.63, 3.8) is 0 Å². The van der Waals surface area contributed by atoms with Gasteiger partial charge in [0.25, 0.3) is 0 Å². The average molecular weight is 216 g/mol. The van der Waals surface area contributed by atoms with E-state index in [9.17, 15) is 0 Å². The molecule has 86 valence electrons. The van der Waals surface area contributed by atoms with Crippen molar-refractivity contribution in [2.24, 2.45) is 10.4 Å². The summed E-state index contributed by atoms with van der Waals surface area (Å²) >= 11 is 0. The second-order valence-corrected chi connectivity index (χ2v) is 5.06. The first kappa shape index (κ1) is 11.3. The third-order valence-corrected chi connectivity index (χ3v) is 3.17. The highest BCUT2D eigenvalue weighted by atomic mass is 14.9. The van der Waals surface area contributed by atoms with E-state index in [1.165, 1.54) is 11.3 Å². The highest BCUT2D eigenvalue weighted by molar-refractivity contribution is 5.88. The van der Waals surface area contributed by atoms with Gasteiger partial charge in [0.15, 0.2) is 0 Å².